The van der Waals surface area contributed by atoms with Gasteiger partial charge in [0.2, 0.25) is 16.0 Å². The molecule has 0 saturated carbocycles. The molecule has 9 nitrogen and oxygen atoms in total. The molecule has 4 aromatic rings. The number of anilines is 2. The highest BCUT2D eigenvalue weighted by molar-refractivity contribution is 7.89. The minimum absolute atomic E-state index is 0.0478. The molecule has 0 aliphatic carbocycles. The molecule has 2 aromatic carbocycles. The molecule has 3 heterocycles. The number of nitrogens with one attached hydrogen (secondary N) is 1. The Bertz CT molecular complexity index is 1710. The van der Waals surface area contributed by atoms with E-state index in [0.29, 0.717) is 36.5 Å². The second kappa shape index (κ2) is 9.91. The largest absolute Gasteiger partial charge is 0.324 e. The fraction of sp³-hybridized carbons (Fsp3) is 0.414. The highest BCUT2D eigenvalue weighted by Gasteiger charge is 2.26. The Kier molecular flexibility index (Phi) is 6.88. The number of hydrogen-bond acceptors (Lipinski definition) is 6. The Hall–Kier alpha value is -3.50. The van der Waals surface area contributed by atoms with E-state index in [1.165, 1.54) is 0 Å². The molecular weight excluding hydrogens is 512 g/mol. The van der Waals surface area contributed by atoms with Crippen LogP contribution in [0.5, 0.6) is 0 Å². The molecule has 1 aliphatic rings. The maximum Gasteiger partial charge on any atom is 0.278 e. The number of benzene rings is 2. The van der Waals surface area contributed by atoms with E-state index in [1.807, 2.05) is 48.9 Å². The second-order valence-electron chi connectivity index (χ2n) is 11.4. The number of rotatable bonds is 6. The lowest BCUT2D eigenvalue weighted by atomic mass is 9.87. The second-order valence-corrected chi connectivity index (χ2v) is 13.6. The third kappa shape index (κ3) is 5.10. The molecule has 10 heteroatoms. The van der Waals surface area contributed by atoms with Gasteiger partial charge in [-0.1, -0.05) is 39.0 Å². The summed E-state index contributed by atoms with van der Waals surface area (Å²) in [6.45, 7) is 13.0. The van der Waals surface area contributed by atoms with Crippen LogP contribution < -0.4 is 10.9 Å². The van der Waals surface area contributed by atoms with Crippen molar-refractivity contribution >= 4 is 32.7 Å². The van der Waals surface area contributed by atoms with Gasteiger partial charge in [0, 0.05) is 31.0 Å². The highest BCUT2D eigenvalue weighted by atomic mass is 32.2. The van der Waals surface area contributed by atoms with E-state index in [-0.39, 0.29) is 22.8 Å². The number of hydrogen-bond donors (Lipinski definition) is 1. The lowest BCUT2D eigenvalue weighted by Gasteiger charge is -2.28. The van der Waals surface area contributed by atoms with Gasteiger partial charge in [0.15, 0.2) is 5.65 Å². The van der Waals surface area contributed by atoms with Crippen LogP contribution in [0.2, 0.25) is 0 Å². The van der Waals surface area contributed by atoms with Gasteiger partial charge < -0.3 is 5.32 Å². The summed E-state index contributed by atoms with van der Waals surface area (Å²) in [5, 5.41) is 3.75. The SMILES string of the molecule is CCS(=O)(=O)N1CCc2cc(Nc3ncc4c(=O)n(C(C)C)n(-c5cccc(C(C)(C)C)c5)c4n3)ccc2C1. The highest BCUT2D eigenvalue weighted by Crippen LogP contribution is 2.28. The molecule has 0 amide bonds. The average molecular weight is 549 g/mol. The van der Waals surface area contributed by atoms with Crippen molar-refractivity contribution in [3.8, 4) is 5.69 Å². The van der Waals surface area contributed by atoms with Gasteiger partial charge in [-0.05, 0) is 73.6 Å². The summed E-state index contributed by atoms with van der Waals surface area (Å²) in [6, 6.07) is 14.0. The number of aromatic nitrogens is 4. The molecule has 0 saturated heterocycles. The fourth-order valence-corrected chi connectivity index (χ4v) is 6.10. The molecule has 0 spiro atoms. The molecule has 2 aromatic heterocycles. The molecule has 0 bridgehead atoms. The van der Waals surface area contributed by atoms with Gasteiger partial charge in [0.05, 0.1) is 11.4 Å². The van der Waals surface area contributed by atoms with Gasteiger partial charge in [-0.3, -0.25) is 4.79 Å². The van der Waals surface area contributed by atoms with E-state index < -0.39 is 10.0 Å². The van der Waals surface area contributed by atoms with Crippen LogP contribution in [0.25, 0.3) is 16.7 Å². The first kappa shape index (κ1) is 27.1. The standard InChI is InChI=1S/C29H36N6O3S/c1-7-39(37,38)33-14-13-20-15-23(12-11-21(20)18-33)31-28-30-17-25-26(32-28)35(34(19(2)3)27(25)36)24-10-8-9-22(16-24)29(4,5)6/h8-12,15-17,19H,7,13-14,18H2,1-6H3,(H,30,31,32). The van der Waals surface area contributed by atoms with Crippen molar-refractivity contribution in [3.05, 3.63) is 75.7 Å². The topological polar surface area (TPSA) is 102 Å². The lowest BCUT2D eigenvalue weighted by Crippen LogP contribution is -2.36. The predicted octanol–water partition coefficient (Wildman–Crippen LogP) is 4.91. The van der Waals surface area contributed by atoms with Crippen LogP contribution in [0.1, 0.15) is 64.3 Å². The third-order valence-electron chi connectivity index (χ3n) is 7.27. The smallest absolute Gasteiger partial charge is 0.278 e. The Balaban J connectivity index is 1.53. The van der Waals surface area contributed by atoms with Crippen molar-refractivity contribution in [2.45, 2.75) is 66.0 Å². The quantitative estimate of drug-likeness (QED) is 0.367. The molecule has 0 unspecified atom stereocenters. The molecular formula is C29H36N6O3S. The molecule has 0 atom stereocenters. The van der Waals surface area contributed by atoms with Crippen LogP contribution in [0.15, 0.2) is 53.5 Å². The van der Waals surface area contributed by atoms with Crippen LogP contribution in [-0.2, 0) is 28.4 Å². The first-order chi connectivity index (χ1) is 18.4. The maximum absolute atomic E-state index is 13.4. The molecule has 0 radical (unpaired) electrons. The van der Waals surface area contributed by atoms with Gasteiger partial charge in [0.1, 0.15) is 5.39 Å². The van der Waals surface area contributed by atoms with E-state index in [2.05, 4.69) is 43.2 Å². The fourth-order valence-electron chi connectivity index (χ4n) is 5.03. The minimum atomic E-state index is -3.22. The summed E-state index contributed by atoms with van der Waals surface area (Å²) in [5.41, 5.74) is 5.31. The van der Waals surface area contributed by atoms with Crippen molar-refractivity contribution in [3.63, 3.8) is 0 Å². The van der Waals surface area contributed by atoms with Crippen molar-refractivity contribution in [2.75, 3.05) is 17.6 Å². The third-order valence-corrected chi connectivity index (χ3v) is 9.10. The number of nitrogens with zero attached hydrogens (tertiary/aromatic N) is 5. The van der Waals surface area contributed by atoms with E-state index in [9.17, 15) is 13.2 Å². The van der Waals surface area contributed by atoms with Gasteiger partial charge in [-0.15, -0.1) is 0 Å². The van der Waals surface area contributed by atoms with Crippen LogP contribution in [0.4, 0.5) is 11.6 Å². The van der Waals surface area contributed by atoms with E-state index in [0.717, 1.165) is 28.1 Å². The first-order valence-electron chi connectivity index (χ1n) is 13.4. The summed E-state index contributed by atoms with van der Waals surface area (Å²) >= 11 is 0. The van der Waals surface area contributed by atoms with Crippen molar-refractivity contribution < 1.29 is 8.42 Å². The molecule has 0 fully saturated rings. The van der Waals surface area contributed by atoms with Crippen LogP contribution in [-0.4, -0.2) is 44.4 Å². The van der Waals surface area contributed by atoms with Crippen molar-refractivity contribution in [1.82, 2.24) is 23.6 Å². The van der Waals surface area contributed by atoms with Crippen LogP contribution in [0, 0.1) is 0 Å². The predicted molar refractivity (Wildman–Crippen MR) is 156 cm³/mol. The lowest BCUT2D eigenvalue weighted by molar-refractivity contribution is 0.392. The molecule has 39 heavy (non-hydrogen) atoms. The number of sulfonamides is 1. The van der Waals surface area contributed by atoms with E-state index in [1.54, 1.807) is 22.1 Å². The Morgan fingerprint density at radius 1 is 1.08 bits per heavy atom. The normalized spacial score (nSPS) is 14.6. The summed E-state index contributed by atoms with van der Waals surface area (Å²) in [4.78, 5) is 22.7. The van der Waals surface area contributed by atoms with Crippen LogP contribution in [0.3, 0.4) is 0 Å². The zero-order valence-electron chi connectivity index (χ0n) is 23.4. The minimum Gasteiger partial charge on any atom is -0.324 e. The van der Waals surface area contributed by atoms with Crippen LogP contribution >= 0.6 is 0 Å². The maximum atomic E-state index is 13.4. The molecule has 1 aliphatic heterocycles. The molecule has 1 N–H and O–H groups in total. The average Bonchev–Trinajstić information content (AvgIpc) is 3.19. The zero-order valence-corrected chi connectivity index (χ0v) is 24.2. The summed E-state index contributed by atoms with van der Waals surface area (Å²) in [7, 11) is -3.22. The van der Waals surface area contributed by atoms with Crippen molar-refractivity contribution in [1.29, 1.82) is 0 Å². The Labute approximate surface area is 229 Å². The monoisotopic (exact) mass is 548 g/mol. The number of fused-ring (bicyclic) bond motifs is 2. The molecule has 5 rings (SSSR count). The van der Waals surface area contributed by atoms with Gasteiger partial charge in [0.25, 0.3) is 5.56 Å². The van der Waals surface area contributed by atoms with Gasteiger partial charge in [-0.25, -0.2) is 22.8 Å². The first-order valence-corrected chi connectivity index (χ1v) is 15.0. The van der Waals surface area contributed by atoms with E-state index >= 15 is 0 Å². The summed E-state index contributed by atoms with van der Waals surface area (Å²) in [5.74, 6) is 0.487. The zero-order chi connectivity index (χ0) is 28.1. The summed E-state index contributed by atoms with van der Waals surface area (Å²) < 4.78 is 29.8. The Morgan fingerprint density at radius 2 is 1.85 bits per heavy atom. The van der Waals surface area contributed by atoms with Gasteiger partial charge in [-0.2, -0.15) is 9.29 Å². The van der Waals surface area contributed by atoms with Crippen molar-refractivity contribution in [2.24, 2.45) is 0 Å². The van der Waals surface area contributed by atoms with Gasteiger partial charge >= 0.3 is 0 Å². The Morgan fingerprint density at radius 3 is 2.54 bits per heavy atom. The summed E-state index contributed by atoms with van der Waals surface area (Å²) in [6.07, 6.45) is 2.23. The molecule has 206 valence electrons. The van der Waals surface area contributed by atoms with E-state index in [4.69, 9.17) is 4.98 Å².